The highest BCUT2D eigenvalue weighted by Gasteiger charge is 2.28. The summed E-state index contributed by atoms with van der Waals surface area (Å²) in [6.45, 7) is 0.465. The van der Waals surface area contributed by atoms with E-state index in [1.54, 1.807) is 18.0 Å². The molecule has 100 valence electrons. The number of rotatable bonds is 6. The Morgan fingerprint density at radius 1 is 1.37 bits per heavy atom. The molecule has 0 aliphatic heterocycles. The van der Waals surface area contributed by atoms with Crippen LogP contribution in [0.2, 0.25) is 0 Å². The molecule has 0 radical (unpaired) electrons. The SMILES string of the molecule is NCc1nnc(SCCc2cccnc2)n1C1CC1. The van der Waals surface area contributed by atoms with Gasteiger partial charge in [-0.2, -0.15) is 0 Å². The summed E-state index contributed by atoms with van der Waals surface area (Å²) in [4.78, 5) is 4.12. The van der Waals surface area contributed by atoms with E-state index in [1.807, 2.05) is 12.3 Å². The van der Waals surface area contributed by atoms with Gasteiger partial charge in [0.2, 0.25) is 0 Å². The molecule has 2 aromatic heterocycles. The summed E-state index contributed by atoms with van der Waals surface area (Å²) in [7, 11) is 0. The van der Waals surface area contributed by atoms with E-state index < -0.39 is 0 Å². The van der Waals surface area contributed by atoms with Crippen molar-refractivity contribution in [3.63, 3.8) is 0 Å². The molecule has 3 rings (SSSR count). The second-order valence-corrected chi connectivity index (χ2v) is 5.73. The molecule has 1 saturated carbocycles. The first-order chi connectivity index (χ1) is 9.38. The average molecular weight is 275 g/mol. The lowest BCUT2D eigenvalue weighted by Crippen LogP contribution is -2.08. The van der Waals surface area contributed by atoms with Gasteiger partial charge in [0.05, 0.1) is 6.54 Å². The fraction of sp³-hybridized carbons (Fsp3) is 0.462. The molecule has 0 bridgehead atoms. The Morgan fingerprint density at radius 2 is 2.26 bits per heavy atom. The fourth-order valence-corrected chi connectivity index (χ4v) is 3.06. The number of aryl methyl sites for hydroxylation is 1. The summed E-state index contributed by atoms with van der Waals surface area (Å²) in [5.41, 5.74) is 6.96. The van der Waals surface area contributed by atoms with Gasteiger partial charge in [0, 0.05) is 24.2 Å². The maximum absolute atomic E-state index is 5.71. The van der Waals surface area contributed by atoms with E-state index in [0.29, 0.717) is 12.6 Å². The zero-order valence-corrected chi connectivity index (χ0v) is 11.5. The van der Waals surface area contributed by atoms with Crippen LogP contribution in [0.15, 0.2) is 29.7 Å². The Balaban J connectivity index is 1.62. The number of aromatic nitrogens is 4. The van der Waals surface area contributed by atoms with Crippen LogP contribution in [0, 0.1) is 0 Å². The number of pyridine rings is 1. The molecule has 0 spiro atoms. The minimum absolute atomic E-state index is 0.465. The van der Waals surface area contributed by atoms with Crippen molar-refractivity contribution in [2.24, 2.45) is 5.73 Å². The van der Waals surface area contributed by atoms with Crippen molar-refractivity contribution < 1.29 is 0 Å². The summed E-state index contributed by atoms with van der Waals surface area (Å²) in [6.07, 6.45) is 7.15. The first-order valence-corrected chi connectivity index (χ1v) is 7.52. The molecular formula is C13H17N5S. The molecule has 2 heterocycles. The van der Waals surface area contributed by atoms with Crippen LogP contribution in [0.3, 0.4) is 0 Å². The first kappa shape index (κ1) is 12.6. The number of nitrogens with zero attached hydrogens (tertiary/aromatic N) is 4. The average Bonchev–Trinajstić information content (AvgIpc) is 3.21. The summed E-state index contributed by atoms with van der Waals surface area (Å²) >= 11 is 1.75. The lowest BCUT2D eigenvalue weighted by Gasteiger charge is -2.07. The molecule has 19 heavy (non-hydrogen) atoms. The molecule has 1 fully saturated rings. The van der Waals surface area contributed by atoms with E-state index in [0.717, 1.165) is 23.2 Å². The Morgan fingerprint density at radius 3 is 2.95 bits per heavy atom. The second-order valence-electron chi connectivity index (χ2n) is 4.66. The third kappa shape index (κ3) is 2.96. The maximum Gasteiger partial charge on any atom is 0.191 e. The topological polar surface area (TPSA) is 69.6 Å². The van der Waals surface area contributed by atoms with Crippen molar-refractivity contribution in [3.8, 4) is 0 Å². The Kier molecular flexibility index (Phi) is 3.79. The van der Waals surface area contributed by atoms with Crippen molar-refractivity contribution in [3.05, 3.63) is 35.9 Å². The van der Waals surface area contributed by atoms with Gasteiger partial charge in [0.15, 0.2) is 5.16 Å². The maximum atomic E-state index is 5.71. The van der Waals surface area contributed by atoms with E-state index in [2.05, 4.69) is 25.8 Å². The zero-order chi connectivity index (χ0) is 13.1. The van der Waals surface area contributed by atoms with Gasteiger partial charge >= 0.3 is 0 Å². The lowest BCUT2D eigenvalue weighted by molar-refractivity contribution is 0.626. The number of hydrogen-bond donors (Lipinski definition) is 1. The van der Waals surface area contributed by atoms with E-state index in [4.69, 9.17) is 5.73 Å². The van der Waals surface area contributed by atoms with Gasteiger partial charge in [0.25, 0.3) is 0 Å². The lowest BCUT2D eigenvalue weighted by atomic mass is 10.2. The molecule has 0 atom stereocenters. The second kappa shape index (κ2) is 5.71. The highest BCUT2D eigenvalue weighted by molar-refractivity contribution is 7.99. The van der Waals surface area contributed by atoms with Gasteiger partial charge in [-0.25, -0.2) is 0 Å². The molecule has 2 N–H and O–H groups in total. The standard InChI is InChI=1S/C13H17N5S/c14-8-12-16-17-13(18(12)11-3-4-11)19-7-5-10-2-1-6-15-9-10/h1-2,6,9,11H,3-5,7-8,14H2. The molecule has 0 amide bonds. The van der Waals surface area contributed by atoms with Gasteiger partial charge < -0.3 is 10.3 Å². The minimum Gasteiger partial charge on any atom is -0.324 e. The summed E-state index contributed by atoms with van der Waals surface area (Å²) in [5, 5.41) is 9.44. The third-order valence-corrected chi connectivity index (χ3v) is 4.12. The van der Waals surface area contributed by atoms with Crippen LogP contribution in [-0.2, 0) is 13.0 Å². The van der Waals surface area contributed by atoms with Crippen LogP contribution < -0.4 is 5.73 Å². The summed E-state index contributed by atoms with van der Waals surface area (Å²) in [5.74, 6) is 1.90. The molecule has 0 unspecified atom stereocenters. The largest absolute Gasteiger partial charge is 0.324 e. The van der Waals surface area contributed by atoms with Crippen LogP contribution in [0.5, 0.6) is 0 Å². The minimum atomic E-state index is 0.465. The first-order valence-electron chi connectivity index (χ1n) is 6.54. The predicted molar refractivity (Wildman–Crippen MR) is 74.8 cm³/mol. The molecule has 0 aromatic carbocycles. The normalized spacial score (nSPS) is 14.8. The van der Waals surface area contributed by atoms with Gasteiger partial charge in [-0.05, 0) is 30.9 Å². The molecule has 1 aliphatic carbocycles. The van der Waals surface area contributed by atoms with E-state index in [-0.39, 0.29) is 0 Å². The van der Waals surface area contributed by atoms with E-state index in [1.165, 1.54) is 18.4 Å². The molecule has 6 heteroatoms. The van der Waals surface area contributed by atoms with Crippen molar-refractivity contribution in [1.29, 1.82) is 0 Å². The molecule has 2 aromatic rings. The Hall–Kier alpha value is -1.40. The van der Waals surface area contributed by atoms with Crippen molar-refractivity contribution in [2.75, 3.05) is 5.75 Å². The molecule has 5 nitrogen and oxygen atoms in total. The van der Waals surface area contributed by atoms with Crippen LogP contribution in [0.4, 0.5) is 0 Å². The number of thioether (sulfide) groups is 1. The fourth-order valence-electron chi connectivity index (χ4n) is 2.05. The molecular weight excluding hydrogens is 258 g/mol. The number of hydrogen-bond acceptors (Lipinski definition) is 5. The zero-order valence-electron chi connectivity index (χ0n) is 10.7. The predicted octanol–water partition coefficient (Wildman–Crippen LogP) is 1.80. The Bertz CT molecular complexity index is 535. The number of nitrogens with two attached hydrogens (primary N) is 1. The summed E-state index contributed by atoms with van der Waals surface area (Å²) < 4.78 is 2.22. The third-order valence-electron chi connectivity index (χ3n) is 3.17. The van der Waals surface area contributed by atoms with Crippen molar-refractivity contribution >= 4 is 11.8 Å². The van der Waals surface area contributed by atoms with Crippen LogP contribution in [0.1, 0.15) is 30.3 Å². The monoisotopic (exact) mass is 275 g/mol. The van der Waals surface area contributed by atoms with Crippen molar-refractivity contribution in [1.82, 2.24) is 19.7 Å². The van der Waals surface area contributed by atoms with Gasteiger partial charge in [0.1, 0.15) is 5.82 Å². The summed E-state index contributed by atoms with van der Waals surface area (Å²) in [6, 6.07) is 4.65. The van der Waals surface area contributed by atoms with Gasteiger partial charge in [-0.3, -0.25) is 4.98 Å². The van der Waals surface area contributed by atoms with Gasteiger partial charge in [-0.1, -0.05) is 17.8 Å². The van der Waals surface area contributed by atoms with Gasteiger partial charge in [-0.15, -0.1) is 10.2 Å². The highest BCUT2D eigenvalue weighted by atomic mass is 32.2. The highest BCUT2D eigenvalue weighted by Crippen LogP contribution is 2.38. The molecule has 1 aliphatic rings. The van der Waals surface area contributed by atoms with E-state index in [9.17, 15) is 0 Å². The van der Waals surface area contributed by atoms with Crippen molar-refractivity contribution in [2.45, 2.75) is 37.0 Å². The quantitative estimate of drug-likeness (QED) is 0.814. The van der Waals surface area contributed by atoms with E-state index >= 15 is 0 Å². The van der Waals surface area contributed by atoms with Crippen LogP contribution in [-0.4, -0.2) is 25.5 Å². The smallest absolute Gasteiger partial charge is 0.191 e. The van der Waals surface area contributed by atoms with Crippen LogP contribution >= 0.6 is 11.8 Å². The van der Waals surface area contributed by atoms with Crippen LogP contribution in [0.25, 0.3) is 0 Å². The Labute approximate surface area is 116 Å². The molecule has 0 saturated heterocycles.